The van der Waals surface area contributed by atoms with Crippen LogP contribution in [0.2, 0.25) is 0 Å². The summed E-state index contributed by atoms with van der Waals surface area (Å²) >= 11 is 0. The standard InChI is InChI=1S/C17H21FN4O3/c1-8-11-13(22(10-3-4-10)17(24)20-16(11)23)15(25-2)14(12(8)18)21-6-5-9(19)7-21/h9-10H,3-7,19H2,1-2H3,(H,20,23,24). The molecule has 0 bridgehead atoms. The smallest absolute Gasteiger partial charge is 0.329 e. The van der Waals surface area contributed by atoms with E-state index in [1.807, 2.05) is 4.90 Å². The largest absolute Gasteiger partial charge is 0.492 e. The van der Waals surface area contributed by atoms with Gasteiger partial charge in [-0.25, -0.2) is 9.18 Å². The number of aryl methyl sites for hydroxylation is 1. The van der Waals surface area contributed by atoms with Gasteiger partial charge in [-0.15, -0.1) is 0 Å². The fraction of sp³-hybridized carbons (Fsp3) is 0.529. The summed E-state index contributed by atoms with van der Waals surface area (Å²) in [5, 5.41) is 0.174. The number of aromatic nitrogens is 2. The first-order valence-corrected chi connectivity index (χ1v) is 8.49. The zero-order chi connectivity index (χ0) is 17.9. The van der Waals surface area contributed by atoms with E-state index in [0.29, 0.717) is 24.3 Å². The Kier molecular flexibility index (Phi) is 3.61. The zero-order valence-corrected chi connectivity index (χ0v) is 14.3. The van der Waals surface area contributed by atoms with Crippen LogP contribution in [0.1, 0.15) is 30.9 Å². The summed E-state index contributed by atoms with van der Waals surface area (Å²) in [7, 11) is 1.44. The van der Waals surface area contributed by atoms with Crippen molar-refractivity contribution in [1.82, 2.24) is 9.55 Å². The van der Waals surface area contributed by atoms with Crippen molar-refractivity contribution in [1.29, 1.82) is 0 Å². The lowest BCUT2D eigenvalue weighted by molar-refractivity contribution is 0.412. The van der Waals surface area contributed by atoms with Gasteiger partial charge in [-0.2, -0.15) is 0 Å². The Morgan fingerprint density at radius 2 is 2.00 bits per heavy atom. The summed E-state index contributed by atoms with van der Waals surface area (Å²) in [6, 6.07) is -0.0239. The third kappa shape index (κ3) is 2.35. The van der Waals surface area contributed by atoms with Gasteiger partial charge in [0.2, 0.25) is 0 Å². The Bertz CT molecular complexity index is 977. The minimum Gasteiger partial charge on any atom is -0.492 e. The number of benzene rings is 1. The third-order valence-electron chi connectivity index (χ3n) is 5.14. The number of rotatable bonds is 3. The molecule has 8 heteroatoms. The number of hydrogen-bond acceptors (Lipinski definition) is 5. The first kappa shape index (κ1) is 16.1. The quantitative estimate of drug-likeness (QED) is 0.864. The average molecular weight is 348 g/mol. The highest BCUT2D eigenvalue weighted by molar-refractivity contribution is 5.93. The summed E-state index contributed by atoms with van der Waals surface area (Å²) in [6.45, 7) is 2.68. The molecule has 0 spiro atoms. The van der Waals surface area contributed by atoms with Gasteiger partial charge in [-0.05, 0) is 26.2 Å². The fourth-order valence-corrected chi connectivity index (χ4v) is 3.77. The van der Waals surface area contributed by atoms with Crippen molar-refractivity contribution >= 4 is 16.6 Å². The average Bonchev–Trinajstić information content (AvgIpc) is 3.30. The van der Waals surface area contributed by atoms with Gasteiger partial charge in [0.05, 0.1) is 12.5 Å². The first-order valence-electron chi connectivity index (χ1n) is 8.49. The van der Waals surface area contributed by atoms with Crippen LogP contribution >= 0.6 is 0 Å². The predicted molar refractivity (Wildman–Crippen MR) is 93.2 cm³/mol. The van der Waals surface area contributed by atoms with Gasteiger partial charge in [-0.1, -0.05) is 0 Å². The van der Waals surface area contributed by atoms with Gasteiger partial charge in [-0.3, -0.25) is 14.3 Å². The summed E-state index contributed by atoms with van der Waals surface area (Å²) in [6.07, 6.45) is 2.46. The second kappa shape index (κ2) is 5.59. The maximum absolute atomic E-state index is 15.2. The molecule has 1 aliphatic heterocycles. The lowest BCUT2D eigenvalue weighted by Gasteiger charge is -2.25. The van der Waals surface area contributed by atoms with Crippen molar-refractivity contribution in [2.45, 2.75) is 38.3 Å². The van der Waals surface area contributed by atoms with Gasteiger partial charge in [0.25, 0.3) is 5.56 Å². The Hall–Kier alpha value is -2.35. The van der Waals surface area contributed by atoms with Crippen molar-refractivity contribution in [3.8, 4) is 5.75 Å². The van der Waals surface area contributed by atoms with Crippen LogP contribution in [0.4, 0.5) is 10.1 Å². The number of H-pyrrole nitrogens is 1. The Labute approximate surface area is 143 Å². The van der Waals surface area contributed by atoms with Crippen LogP contribution < -0.4 is 26.6 Å². The normalized spacial score (nSPS) is 20.5. The summed E-state index contributed by atoms with van der Waals surface area (Å²) in [5.41, 5.74) is 5.81. The number of nitrogens with two attached hydrogens (primary N) is 1. The number of aromatic amines is 1. The van der Waals surface area contributed by atoms with E-state index in [4.69, 9.17) is 10.5 Å². The molecule has 2 aliphatic rings. The van der Waals surface area contributed by atoms with Crippen molar-refractivity contribution in [3.63, 3.8) is 0 Å². The molecule has 1 saturated heterocycles. The molecule has 4 rings (SSSR count). The Morgan fingerprint density at radius 3 is 2.56 bits per heavy atom. The van der Waals surface area contributed by atoms with E-state index in [-0.39, 0.29) is 28.8 Å². The van der Waals surface area contributed by atoms with E-state index in [0.717, 1.165) is 19.3 Å². The minimum atomic E-state index is -0.587. The zero-order valence-electron chi connectivity index (χ0n) is 14.3. The first-order chi connectivity index (χ1) is 11.9. The molecule has 7 nitrogen and oxygen atoms in total. The molecule has 1 aromatic heterocycles. The third-order valence-corrected chi connectivity index (χ3v) is 5.14. The van der Waals surface area contributed by atoms with E-state index in [1.165, 1.54) is 7.11 Å². The number of nitrogens with zero attached hydrogens (tertiary/aromatic N) is 2. The minimum absolute atomic E-state index is 0.0132. The molecular weight excluding hydrogens is 327 g/mol. The van der Waals surface area contributed by atoms with Crippen LogP contribution in [-0.2, 0) is 0 Å². The van der Waals surface area contributed by atoms with Gasteiger partial charge < -0.3 is 15.4 Å². The van der Waals surface area contributed by atoms with E-state index in [1.54, 1.807) is 11.5 Å². The lowest BCUT2D eigenvalue weighted by atomic mass is 10.1. The molecule has 2 aromatic rings. The molecule has 2 heterocycles. The van der Waals surface area contributed by atoms with E-state index in [9.17, 15) is 9.59 Å². The molecular formula is C17H21FN4O3. The van der Waals surface area contributed by atoms with Crippen LogP contribution in [0.25, 0.3) is 10.9 Å². The summed E-state index contributed by atoms with van der Waals surface area (Å²) in [4.78, 5) is 29.0. The van der Waals surface area contributed by atoms with Gasteiger partial charge in [0, 0.05) is 30.7 Å². The highest BCUT2D eigenvalue weighted by atomic mass is 19.1. The number of halogens is 1. The molecule has 1 atom stereocenters. The van der Waals surface area contributed by atoms with Crippen LogP contribution in [0.15, 0.2) is 9.59 Å². The summed E-state index contributed by atoms with van der Waals surface area (Å²) in [5.74, 6) is -0.257. The van der Waals surface area contributed by atoms with Crippen LogP contribution in [0.3, 0.4) is 0 Å². The molecule has 2 fully saturated rings. The molecule has 25 heavy (non-hydrogen) atoms. The van der Waals surface area contributed by atoms with Crippen LogP contribution in [0.5, 0.6) is 5.75 Å². The van der Waals surface area contributed by atoms with Crippen molar-refractivity contribution in [2.24, 2.45) is 5.73 Å². The maximum atomic E-state index is 15.2. The maximum Gasteiger partial charge on any atom is 0.329 e. The highest BCUT2D eigenvalue weighted by Crippen LogP contribution is 2.44. The number of methoxy groups -OCH3 is 1. The number of fused-ring (bicyclic) bond motifs is 1. The molecule has 1 aliphatic carbocycles. The molecule has 134 valence electrons. The molecule has 1 unspecified atom stereocenters. The fourth-order valence-electron chi connectivity index (χ4n) is 3.77. The van der Waals surface area contributed by atoms with Gasteiger partial charge >= 0.3 is 5.69 Å². The number of anilines is 1. The van der Waals surface area contributed by atoms with Gasteiger partial charge in [0.15, 0.2) is 11.6 Å². The molecule has 0 amide bonds. The highest BCUT2D eigenvalue weighted by Gasteiger charge is 2.33. The second-order valence-corrected chi connectivity index (χ2v) is 6.90. The lowest BCUT2D eigenvalue weighted by Crippen LogP contribution is -2.32. The van der Waals surface area contributed by atoms with Crippen LogP contribution in [-0.4, -0.2) is 35.8 Å². The number of ether oxygens (including phenoxy) is 1. The molecule has 1 aromatic carbocycles. The molecule has 0 radical (unpaired) electrons. The topological polar surface area (TPSA) is 93.3 Å². The Morgan fingerprint density at radius 1 is 1.28 bits per heavy atom. The van der Waals surface area contributed by atoms with Gasteiger partial charge in [0.1, 0.15) is 11.2 Å². The van der Waals surface area contributed by atoms with E-state index in [2.05, 4.69) is 4.98 Å². The van der Waals surface area contributed by atoms with E-state index >= 15 is 4.39 Å². The van der Waals surface area contributed by atoms with E-state index < -0.39 is 17.1 Å². The van der Waals surface area contributed by atoms with Crippen LogP contribution in [0, 0.1) is 12.7 Å². The predicted octanol–water partition coefficient (Wildman–Crippen LogP) is 1.02. The monoisotopic (exact) mass is 348 g/mol. The molecule has 1 saturated carbocycles. The number of nitrogens with one attached hydrogen (secondary N) is 1. The van der Waals surface area contributed by atoms with Crippen molar-refractivity contribution in [3.05, 3.63) is 32.2 Å². The Balaban J connectivity index is 2.14. The van der Waals surface area contributed by atoms with Crippen molar-refractivity contribution in [2.75, 3.05) is 25.1 Å². The number of hydrogen-bond donors (Lipinski definition) is 2. The second-order valence-electron chi connectivity index (χ2n) is 6.90. The SMILES string of the molecule is COc1c(N2CCC(N)C2)c(F)c(C)c2c(=O)[nH]c(=O)n(C3CC3)c12. The molecule has 3 N–H and O–H groups in total. The summed E-state index contributed by atoms with van der Waals surface area (Å²) < 4.78 is 22.3. The van der Waals surface area contributed by atoms with Crippen molar-refractivity contribution < 1.29 is 9.13 Å².